The first-order valence-corrected chi connectivity index (χ1v) is 9.82. The molecule has 4 rings (SSSR count). The molecule has 0 bridgehead atoms. The summed E-state index contributed by atoms with van der Waals surface area (Å²) in [4.78, 5) is 13.6. The van der Waals surface area contributed by atoms with Gasteiger partial charge < -0.3 is 9.15 Å². The monoisotopic (exact) mass is 356 g/mol. The number of fused-ring (bicyclic) bond motifs is 1. The molecule has 2 aromatic rings. The summed E-state index contributed by atoms with van der Waals surface area (Å²) in [5.41, 5.74) is 0.738. The van der Waals surface area contributed by atoms with Crippen molar-refractivity contribution >= 4 is 32.9 Å². The number of benzene rings is 1. The van der Waals surface area contributed by atoms with Crippen LogP contribution in [0, 0.1) is 0 Å². The molecule has 0 saturated carbocycles. The number of hydrogen-bond acceptors (Lipinski definition) is 6. The lowest BCUT2D eigenvalue weighted by Crippen LogP contribution is -2.44. The van der Waals surface area contributed by atoms with E-state index in [0.717, 1.165) is 12.4 Å². The van der Waals surface area contributed by atoms with Crippen molar-refractivity contribution in [1.29, 1.82) is 0 Å². The summed E-state index contributed by atoms with van der Waals surface area (Å²) in [6, 6.07) is 4.42. The highest BCUT2D eigenvalue weighted by molar-refractivity contribution is 8.00. The quantitative estimate of drug-likeness (QED) is 0.873. The number of hydrogen-bond donors (Lipinski definition) is 1. The van der Waals surface area contributed by atoms with Gasteiger partial charge in [-0.1, -0.05) is 0 Å². The molecule has 2 fully saturated rings. The maximum Gasteiger partial charge on any atom is 0.417 e. The lowest BCUT2D eigenvalue weighted by Gasteiger charge is -2.37. The molecule has 1 aromatic carbocycles. The number of nitrogens with one attached hydrogen (secondary N) is 1. The Hall–Kier alpha value is -1.29. The molecule has 3 heterocycles. The molecule has 124 valence electrons. The van der Waals surface area contributed by atoms with Gasteiger partial charge in [-0.05, 0) is 31.0 Å². The number of rotatable bonds is 2. The third kappa shape index (κ3) is 2.61. The molecule has 7 nitrogen and oxygen atoms in total. The van der Waals surface area contributed by atoms with Gasteiger partial charge in [0.15, 0.2) is 5.58 Å². The van der Waals surface area contributed by atoms with Crippen molar-refractivity contribution in [3.05, 3.63) is 28.7 Å². The molecule has 0 unspecified atom stereocenters. The van der Waals surface area contributed by atoms with Gasteiger partial charge in [-0.15, -0.1) is 11.8 Å². The topological polar surface area (TPSA) is 92.6 Å². The van der Waals surface area contributed by atoms with Crippen LogP contribution < -0.4 is 5.76 Å². The van der Waals surface area contributed by atoms with E-state index in [1.807, 2.05) is 0 Å². The van der Waals surface area contributed by atoms with E-state index in [2.05, 4.69) is 4.98 Å². The molecule has 2 aliphatic rings. The second-order valence-corrected chi connectivity index (χ2v) is 9.06. The Kier molecular flexibility index (Phi) is 3.56. The van der Waals surface area contributed by atoms with Gasteiger partial charge in [0.05, 0.1) is 17.0 Å². The minimum Gasteiger partial charge on any atom is -0.408 e. The molecule has 0 aliphatic carbocycles. The van der Waals surface area contributed by atoms with Gasteiger partial charge in [0.1, 0.15) is 4.93 Å². The lowest BCUT2D eigenvalue weighted by molar-refractivity contribution is 0.0162. The predicted molar refractivity (Wildman–Crippen MR) is 86.0 cm³/mol. The van der Waals surface area contributed by atoms with Gasteiger partial charge >= 0.3 is 5.76 Å². The molecule has 0 amide bonds. The number of aromatic amines is 1. The molecule has 9 heteroatoms. The van der Waals surface area contributed by atoms with Gasteiger partial charge in [0, 0.05) is 18.8 Å². The number of nitrogens with zero attached hydrogens (tertiary/aromatic N) is 1. The van der Waals surface area contributed by atoms with E-state index in [1.54, 1.807) is 11.8 Å². The normalized spacial score (nSPS) is 22.1. The van der Waals surface area contributed by atoms with Crippen molar-refractivity contribution in [1.82, 2.24) is 9.29 Å². The van der Waals surface area contributed by atoms with Crippen molar-refractivity contribution in [2.24, 2.45) is 0 Å². The van der Waals surface area contributed by atoms with E-state index in [-0.39, 0.29) is 9.83 Å². The number of H-pyrrole nitrogens is 1. The molecular weight excluding hydrogens is 340 g/mol. The maximum absolute atomic E-state index is 12.8. The summed E-state index contributed by atoms with van der Waals surface area (Å²) in [5.74, 6) is 0.377. The lowest BCUT2D eigenvalue weighted by atomic mass is 10.1. The Morgan fingerprint density at radius 3 is 2.74 bits per heavy atom. The van der Waals surface area contributed by atoms with Gasteiger partial charge in [-0.25, -0.2) is 13.2 Å². The zero-order valence-corrected chi connectivity index (χ0v) is 13.9. The van der Waals surface area contributed by atoms with Crippen LogP contribution in [0.25, 0.3) is 11.1 Å². The summed E-state index contributed by atoms with van der Waals surface area (Å²) in [6.45, 7) is 1.62. The Morgan fingerprint density at radius 1 is 1.26 bits per heavy atom. The Morgan fingerprint density at radius 2 is 2.04 bits per heavy atom. The van der Waals surface area contributed by atoms with Crippen LogP contribution in [0.5, 0.6) is 0 Å². The third-order valence-corrected chi connectivity index (χ3v) is 7.64. The van der Waals surface area contributed by atoms with Gasteiger partial charge in [-0.2, -0.15) is 4.31 Å². The SMILES string of the molecule is O=c1[nH]c2cc(S(=O)(=O)N3CCC4(CC3)OCCS4)ccc2o1. The van der Waals surface area contributed by atoms with Crippen LogP contribution in [0.4, 0.5) is 0 Å². The zero-order valence-electron chi connectivity index (χ0n) is 12.3. The zero-order chi connectivity index (χ0) is 16.1. The highest BCUT2D eigenvalue weighted by Gasteiger charge is 2.42. The number of aromatic nitrogens is 1. The molecule has 1 N–H and O–H groups in total. The van der Waals surface area contributed by atoms with Crippen molar-refractivity contribution in [2.45, 2.75) is 22.7 Å². The predicted octanol–water partition coefficient (Wildman–Crippen LogP) is 1.37. The first-order valence-electron chi connectivity index (χ1n) is 7.40. The average molecular weight is 356 g/mol. The smallest absolute Gasteiger partial charge is 0.408 e. The van der Waals surface area contributed by atoms with E-state index in [4.69, 9.17) is 9.15 Å². The summed E-state index contributed by atoms with van der Waals surface area (Å²) in [5, 5.41) is 0. The molecule has 0 radical (unpaired) electrons. The summed E-state index contributed by atoms with van der Waals surface area (Å²) >= 11 is 1.78. The summed E-state index contributed by atoms with van der Waals surface area (Å²) in [6.07, 6.45) is 1.39. The van der Waals surface area contributed by atoms with Crippen LogP contribution in [0.1, 0.15) is 12.8 Å². The molecule has 1 spiro atoms. The van der Waals surface area contributed by atoms with Crippen LogP contribution >= 0.6 is 11.8 Å². The van der Waals surface area contributed by atoms with E-state index in [1.165, 1.54) is 22.5 Å². The Balaban J connectivity index is 1.60. The number of piperidine rings is 1. The van der Waals surface area contributed by atoms with E-state index in [9.17, 15) is 13.2 Å². The largest absolute Gasteiger partial charge is 0.417 e. The van der Waals surface area contributed by atoms with Crippen LogP contribution in [0.2, 0.25) is 0 Å². The van der Waals surface area contributed by atoms with Crippen LogP contribution in [0.3, 0.4) is 0 Å². The highest BCUT2D eigenvalue weighted by Crippen LogP contribution is 2.42. The molecule has 1 aromatic heterocycles. The first-order chi connectivity index (χ1) is 11.0. The fourth-order valence-electron chi connectivity index (χ4n) is 3.09. The highest BCUT2D eigenvalue weighted by atomic mass is 32.2. The fraction of sp³-hybridized carbons (Fsp3) is 0.500. The van der Waals surface area contributed by atoms with Crippen LogP contribution in [-0.2, 0) is 14.8 Å². The van der Waals surface area contributed by atoms with Crippen molar-refractivity contribution < 1.29 is 17.6 Å². The van der Waals surface area contributed by atoms with Crippen molar-refractivity contribution in [3.63, 3.8) is 0 Å². The number of sulfonamides is 1. The van der Waals surface area contributed by atoms with Crippen LogP contribution in [0.15, 0.2) is 32.3 Å². The number of ether oxygens (including phenoxy) is 1. The third-order valence-electron chi connectivity index (χ3n) is 4.33. The summed E-state index contributed by atoms with van der Waals surface area (Å²) in [7, 11) is -3.59. The number of thioether (sulfide) groups is 1. The van der Waals surface area contributed by atoms with Gasteiger partial charge in [-0.3, -0.25) is 4.98 Å². The standard InChI is InChI=1S/C14H16N2O5S2/c17-13-15-11-9-10(1-2-12(11)21-13)23(18,19)16-5-3-14(4-6-16)20-7-8-22-14/h1-2,9H,3-8H2,(H,15,17). The van der Waals surface area contributed by atoms with Crippen LogP contribution in [-0.4, -0.2) is 48.1 Å². The molecule has 0 atom stereocenters. The van der Waals surface area contributed by atoms with Gasteiger partial charge in [0.2, 0.25) is 10.0 Å². The molecular formula is C14H16N2O5S2. The van der Waals surface area contributed by atoms with Gasteiger partial charge in [0.25, 0.3) is 0 Å². The number of oxazole rings is 1. The fourth-order valence-corrected chi connectivity index (χ4v) is 5.74. The Bertz CT molecular complexity index is 885. The molecule has 2 aliphatic heterocycles. The average Bonchev–Trinajstić information content (AvgIpc) is 3.12. The molecule has 23 heavy (non-hydrogen) atoms. The summed E-state index contributed by atoms with van der Waals surface area (Å²) < 4.78 is 37.8. The minimum atomic E-state index is -3.59. The van der Waals surface area contributed by atoms with E-state index < -0.39 is 15.8 Å². The van der Waals surface area contributed by atoms with E-state index >= 15 is 0 Å². The van der Waals surface area contributed by atoms with Crippen molar-refractivity contribution in [2.75, 3.05) is 25.4 Å². The van der Waals surface area contributed by atoms with Crippen molar-refractivity contribution in [3.8, 4) is 0 Å². The second-order valence-electron chi connectivity index (χ2n) is 5.68. The maximum atomic E-state index is 12.8. The Labute approximate surface area is 137 Å². The second kappa shape index (κ2) is 5.37. The minimum absolute atomic E-state index is 0.165. The van der Waals surface area contributed by atoms with E-state index in [0.29, 0.717) is 37.0 Å². The molecule has 2 saturated heterocycles. The first kappa shape index (κ1) is 15.3.